The average molecular weight is 324 g/mol. The Bertz CT molecular complexity index is 516. The number of rotatable bonds is 4. The maximum Gasteiger partial charge on any atom is 0.435 e. The number of thiazole rings is 1. The number of morpholine rings is 1. The Kier molecular flexibility index (Phi) is 4.84. The molecule has 1 aliphatic rings. The maximum absolute atomic E-state index is 12.8. The van der Waals surface area contributed by atoms with Crippen molar-refractivity contribution >= 4 is 17.3 Å². The van der Waals surface area contributed by atoms with E-state index in [0.717, 1.165) is 13.0 Å². The molecule has 9 heteroatoms. The lowest BCUT2D eigenvalue weighted by Crippen LogP contribution is -2.38. The molecule has 2 rings (SSSR count). The largest absolute Gasteiger partial charge is 0.477 e. The molecular formula is C12H15F3N2O3S. The first-order valence-electron chi connectivity index (χ1n) is 6.48. The molecule has 1 fully saturated rings. The molecule has 0 aromatic carbocycles. The van der Waals surface area contributed by atoms with Crippen molar-refractivity contribution in [2.75, 3.05) is 26.2 Å². The van der Waals surface area contributed by atoms with Crippen molar-refractivity contribution in [3.63, 3.8) is 0 Å². The van der Waals surface area contributed by atoms with E-state index in [2.05, 4.69) is 9.88 Å². The molecule has 0 amide bonds. The normalized spacial score (nSPS) is 20.7. The van der Waals surface area contributed by atoms with Gasteiger partial charge in [0.05, 0.1) is 6.61 Å². The second-order valence-electron chi connectivity index (χ2n) is 4.69. The van der Waals surface area contributed by atoms with E-state index in [4.69, 9.17) is 9.84 Å². The fraction of sp³-hybridized carbons (Fsp3) is 0.667. The summed E-state index contributed by atoms with van der Waals surface area (Å²) in [7, 11) is 0. The van der Waals surface area contributed by atoms with Gasteiger partial charge < -0.3 is 9.84 Å². The summed E-state index contributed by atoms with van der Waals surface area (Å²) < 4.78 is 43.9. The molecule has 1 aliphatic heterocycles. The molecule has 118 valence electrons. The number of aromatic carboxylic acids is 1. The van der Waals surface area contributed by atoms with Crippen molar-refractivity contribution < 1.29 is 27.8 Å². The zero-order valence-electron chi connectivity index (χ0n) is 11.3. The van der Waals surface area contributed by atoms with Crippen LogP contribution in [0.1, 0.15) is 39.8 Å². The van der Waals surface area contributed by atoms with Crippen LogP contribution in [0.25, 0.3) is 0 Å². The van der Waals surface area contributed by atoms with E-state index in [0.29, 0.717) is 31.0 Å². The third-order valence-corrected chi connectivity index (χ3v) is 4.21. The predicted molar refractivity (Wildman–Crippen MR) is 69.5 cm³/mol. The fourth-order valence-corrected chi connectivity index (χ4v) is 3.15. The first kappa shape index (κ1) is 16.2. The second-order valence-corrected chi connectivity index (χ2v) is 5.72. The predicted octanol–water partition coefficient (Wildman–Crippen LogP) is 2.64. The average Bonchev–Trinajstić information content (AvgIpc) is 2.84. The van der Waals surface area contributed by atoms with Crippen molar-refractivity contribution in [3.8, 4) is 0 Å². The Balaban J connectivity index is 2.26. The van der Waals surface area contributed by atoms with Gasteiger partial charge in [0, 0.05) is 13.1 Å². The highest BCUT2D eigenvalue weighted by Gasteiger charge is 2.41. The van der Waals surface area contributed by atoms with Crippen LogP contribution in [0.5, 0.6) is 0 Å². The van der Waals surface area contributed by atoms with E-state index < -0.39 is 28.8 Å². The van der Waals surface area contributed by atoms with Crippen LogP contribution in [0.4, 0.5) is 13.2 Å². The topological polar surface area (TPSA) is 62.7 Å². The lowest BCUT2D eigenvalue weighted by atomic mass is 10.2. The monoisotopic (exact) mass is 324 g/mol. The number of nitrogens with zero attached hydrogens (tertiary/aromatic N) is 2. The number of hydrogen-bond donors (Lipinski definition) is 1. The van der Waals surface area contributed by atoms with E-state index in [1.165, 1.54) is 0 Å². The van der Waals surface area contributed by atoms with Gasteiger partial charge in [-0.05, 0) is 13.0 Å². The number of aromatic nitrogens is 1. The Morgan fingerprint density at radius 1 is 1.57 bits per heavy atom. The molecule has 0 aliphatic carbocycles. The Hall–Kier alpha value is -1.19. The van der Waals surface area contributed by atoms with Crippen molar-refractivity contribution in [3.05, 3.63) is 15.6 Å². The van der Waals surface area contributed by atoms with Gasteiger partial charge in [-0.25, -0.2) is 9.78 Å². The molecule has 0 bridgehead atoms. The Morgan fingerprint density at radius 3 is 2.81 bits per heavy atom. The van der Waals surface area contributed by atoms with Crippen molar-refractivity contribution in [1.29, 1.82) is 0 Å². The lowest BCUT2D eigenvalue weighted by Gasteiger charge is -2.31. The van der Waals surface area contributed by atoms with Crippen LogP contribution in [0, 0.1) is 0 Å². The molecule has 1 aromatic heterocycles. The molecule has 1 N–H and O–H groups in total. The molecule has 1 aromatic rings. The minimum absolute atomic E-state index is 0.0699. The maximum atomic E-state index is 12.8. The molecular weight excluding hydrogens is 309 g/mol. The lowest BCUT2D eigenvalue weighted by molar-refractivity contribution is -0.141. The highest BCUT2D eigenvalue weighted by molar-refractivity contribution is 7.13. The van der Waals surface area contributed by atoms with Gasteiger partial charge >= 0.3 is 12.1 Å². The second kappa shape index (κ2) is 6.29. The molecule has 0 radical (unpaired) electrons. The zero-order valence-corrected chi connectivity index (χ0v) is 12.1. The van der Waals surface area contributed by atoms with Gasteiger partial charge in [-0.2, -0.15) is 13.2 Å². The quantitative estimate of drug-likeness (QED) is 0.922. The van der Waals surface area contributed by atoms with Crippen LogP contribution in [-0.4, -0.2) is 47.2 Å². The standard InChI is InChI=1S/C12H15F3N2O3S/c1-2-3-17-4-5-20-7(6-17)10-16-9(12(13,14)15)8(21-10)11(18)19/h7H,2-6H2,1H3,(H,18,19). The van der Waals surface area contributed by atoms with Crippen LogP contribution in [0.3, 0.4) is 0 Å². The number of carboxylic acid groups (broad SMARTS) is 1. The van der Waals surface area contributed by atoms with Gasteiger partial charge in [-0.1, -0.05) is 6.92 Å². The summed E-state index contributed by atoms with van der Waals surface area (Å²) in [4.78, 5) is 15.7. The van der Waals surface area contributed by atoms with Crippen molar-refractivity contribution in [2.45, 2.75) is 25.6 Å². The van der Waals surface area contributed by atoms with Crippen LogP contribution < -0.4 is 0 Å². The molecule has 2 heterocycles. The molecule has 1 unspecified atom stereocenters. The summed E-state index contributed by atoms with van der Waals surface area (Å²) in [5.41, 5.74) is -1.34. The van der Waals surface area contributed by atoms with E-state index in [9.17, 15) is 18.0 Å². The summed E-state index contributed by atoms with van der Waals surface area (Å²) in [6.45, 7) is 4.38. The first-order chi connectivity index (χ1) is 9.82. The molecule has 21 heavy (non-hydrogen) atoms. The summed E-state index contributed by atoms with van der Waals surface area (Å²) >= 11 is 0.539. The van der Waals surface area contributed by atoms with Gasteiger partial charge in [0.15, 0.2) is 5.69 Å². The number of carbonyl (C=O) groups is 1. The minimum atomic E-state index is -4.78. The van der Waals surface area contributed by atoms with Crippen LogP contribution in [-0.2, 0) is 10.9 Å². The summed E-state index contributed by atoms with van der Waals surface area (Å²) in [5, 5.41) is 8.97. The van der Waals surface area contributed by atoms with Crippen LogP contribution in [0.15, 0.2) is 0 Å². The van der Waals surface area contributed by atoms with E-state index in [1.807, 2.05) is 6.92 Å². The first-order valence-corrected chi connectivity index (χ1v) is 7.29. The van der Waals surface area contributed by atoms with Gasteiger partial charge in [0.1, 0.15) is 16.0 Å². The summed E-state index contributed by atoms with van der Waals surface area (Å²) in [6, 6.07) is 0. The SMILES string of the molecule is CCCN1CCOC(c2nc(C(F)(F)F)c(C(=O)O)s2)C1. The third kappa shape index (κ3) is 3.72. The number of carboxylic acids is 1. The van der Waals surface area contributed by atoms with Gasteiger partial charge in [0.2, 0.25) is 0 Å². The fourth-order valence-electron chi connectivity index (χ4n) is 2.18. The van der Waals surface area contributed by atoms with Crippen LogP contribution >= 0.6 is 11.3 Å². The third-order valence-electron chi connectivity index (χ3n) is 3.07. The van der Waals surface area contributed by atoms with Crippen molar-refractivity contribution in [2.24, 2.45) is 0 Å². The highest BCUT2D eigenvalue weighted by Crippen LogP contribution is 2.37. The van der Waals surface area contributed by atoms with E-state index >= 15 is 0 Å². The minimum Gasteiger partial charge on any atom is -0.477 e. The number of alkyl halides is 3. The smallest absolute Gasteiger partial charge is 0.435 e. The Morgan fingerprint density at radius 2 is 2.29 bits per heavy atom. The van der Waals surface area contributed by atoms with Gasteiger partial charge in [0.25, 0.3) is 0 Å². The zero-order chi connectivity index (χ0) is 15.6. The molecule has 0 saturated carbocycles. The molecule has 5 nitrogen and oxygen atoms in total. The highest BCUT2D eigenvalue weighted by atomic mass is 32.1. The number of halogens is 3. The van der Waals surface area contributed by atoms with Crippen molar-refractivity contribution in [1.82, 2.24) is 9.88 Å². The molecule has 1 atom stereocenters. The van der Waals surface area contributed by atoms with Gasteiger partial charge in [-0.3, -0.25) is 4.90 Å². The van der Waals surface area contributed by atoms with E-state index in [-0.39, 0.29) is 5.01 Å². The molecule has 0 spiro atoms. The Labute approximate surface area is 123 Å². The summed E-state index contributed by atoms with van der Waals surface area (Å²) in [5.74, 6) is -1.62. The van der Waals surface area contributed by atoms with E-state index in [1.54, 1.807) is 0 Å². The van der Waals surface area contributed by atoms with Crippen LogP contribution in [0.2, 0.25) is 0 Å². The summed E-state index contributed by atoms with van der Waals surface area (Å²) in [6.07, 6.45) is -4.46. The number of hydrogen-bond acceptors (Lipinski definition) is 5. The van der Waals surface area contributed by atoms with Gasteiger partial charge in [-0.15, -0.1) is 11.3 Å². The number of ether oxygens (including phenoxy) is 1. The molecule has 1 saturated heterocycles.